The number of ether oxygens (including phenoxy) is 1. The van der Waals surface area contributed by atoms with Gasteiger partial charge in [0.25, 0.3) is 5.91 Å². The van der Waals surface area contributed by atoms with E-state index < -0.39 is 26.0 Å². The molecular weight excluding hydrogens is 490 g/mol. The van der Waals surface area contributed by atoms with Crippen molar-refractivity contribution < 1.29 is 26.4 Å². The van der Waals surface area contributed by atoms with Crippen molar-refractivity contribution >= 4 is 37.6 Å². The summed E-state index contributed by atoms with van der Waals surface area (Å²) in [5.41, 5.74) is 0.0578. The zero-order valence-electron chi connectivity index (χ0n) is 18.6. The Morgan fingerprint density at radius 3 is 2.09 bits per heavy atom. The van der Waals surface area contributed by atoms with Crippen LogP contribution in [0, 0.1) is 0 Å². The van der Waals surface area contributed by atoms with Gasteiger partial charge in [-0.3, -0.25) is 4.79 Å². The number of sulfonamides is 2. The van der Waals surface area contributed by atoms with Crippen LogP contribution in [0.15, 0.2) is 52.3 Å². The van der Waals surface area contributed by atoms with E-state index in [-0.39, 0.29) is 46.6 Å². The lowest BCUT2D eigenvalue weighted by Gasteiger charge is -2.34. The van der Waals surface area contributed by atoms with Crippen LogP contribution in [0.4, 0.5) is 0 Å². The molecule has 180 valence electrons. The molecule has 0 saturated carbocycles. The lowest BCUT2D eigenvalue weighted by molar-refractivity contribution is 0.0698. The summed E-state index contributed by atoms with van der Waals surface area (Å²) in [5, 5.41) is 0.127. The van der Waals surface area contributed by atoms with Crippen LogP contribution in [-0.4, -0.2) is 83.1 Å². The number of rotatable bonds is 7. The first-order chi connectivity index (χ1) is 15.5. The summed E-state index contributed by atoms with van der Waals surface area (Å²) in [7, 11) is -4.66. The van der Waals surface area contributed by atoms with Crippen molar-refractivity contribution in [1.82, 2.24) is 13.5 Å². The molecule has 0 radical (unpaired) electrons. The van der Waals surface area contributed by atoms with Crippen LogP contribution in [0.2, 0.25) is 5.02 Å². The molecule has 0 aliphatic carbocycles. The molecule has 1 heterocycles. The summed E-state index contributed by atoms with van der Waals surface area (Å²) in [6.07, 6.45) is 0. The van der Waals surface area contributed by atoms with Gasteiger partial charge >= 0.3 is 0 Å². The van der Waals surface area contributed by atoms with E-state index in [0.717, 1.165) is 4.31 Å². The maximum Gasteiger partial charge on any atom is 0.255 e. The Balaban J connectivity index is 1.74. The fourth-order valence-electron chi connectivity index (χ4n) is 3.37. The molecule has 1 fully saturated rings. The van der Waals surface area contributed by atoms with Crippen molar-refractivity contribution in [3.63, 3.8) is 0 Å². The average molecular weight is 516 g/mol. The second kappa shape index (κ2) is 9.98. The van der Waals surface area contributed by atoms with Crippen LogP contribution in [0.3, 0.4) is 0 Å². The smallest absolute Gasteiger partial charge is 0.255 e. The zero-order chi connectivity index (χ0) is 24.4. The van der Waals surface area contributed by atoms with Crippen molar-refractivity contribution in [2.45, 2.75) is 16.7 Å². The van der Waals surface area contributed by atoms with Gasteiger partial charge in [0.15, 0.2) is 0 Å². The SMILES string of the molecule is CCOc1ccc(S(=O)(=O)N2CCN(C(=O)c3cc(S(=O)(=O)N(C)C)ccc3Cl)CC2)cc1. The number of piperazine rings is 1. The number of hydrogen-bond acceptors (Lipinski definition) is 6. The van der Waals surface area contributed by atoms with Crippen LogP contribution in [0.1, 0.15) is 17.3 Å². The Bertz CT molecular complexity index is 1220. The molecule has 1 saturated heterocycles. The highest BCUT2D eigenvalue weighted by atomic mass is 35.5. The molecule has 0 atom stereocenters. The lowest BCUT2D eigenvalue weighted by Crippen LogP contribution is -2.50. The first-order valence-corrected chi connectivity index (χ1v) is 13.5. The molecule has 1 aliphatic heterocycles. The van der Waals surface area contributed by atoms with E-state index in [0.29, 0.717) is 12.4 Å². The molecule has 0 aromatic heterocycles. The number of halogens is 1. The number of nitrogens with zero attached hydrogens (tertiary/aromatic N) is 3. The van der Waals surface area contributed by atoms with Gasteiger partial charge in [-0.25, -0.2) is 21.1 Å². The van der Waals surface area contributed by atoms with Gasteiger partial charge in [-0.05, 0) is 49.4 Å². The molecule has 0 N–H and O–H groups in total. The third kappa shape index (κ3) is 5.33. The first kappa shape index (κ1) is 25.4. The van der Waals surface area contributed by atoms with E-state index >= 15 is 0 Å². The number of hydrogen-bond donors (Lipinski definition) is 0. The highest BCUT2D eigenvalue weighted by molar-refractivity contribution is 7.89. The maximum absolute atomic E-state index is 13.0. The van der Waals surface area contributed by atoms with Gasteiger partial charge < -0.3 is 9.64 Å². The second-order valence-corrected chi connectivity index (χ2v) is 12.0. The minimum Gasteiger partial charge on any atom is -0.494 e. The van der Waals surface area contributed by atoms with Crippen LogP contribution < -0.4 is 4.74 Å². The van der Waals surface area contributed by atoms with Crippen molar-refractivity contribution in [1.29, 1.82) is 0 Å². The van der Waals surface area contributed by atoms with Gasteiger partial charge in [0.2, 0.25) is 20.0 Å². The van der Waals surface area contributed by atoms with Gasteiger partial charge in [0.05, 0.1) is 27.0 Å². The van der Waals surface area contributed by atoms with E-state index in [1.54, 1.807) is 12.1 Å². The highest BCUT2D eigenvalue weighted by Gasteiger charge is 2.31. The number of amides is 1. The zero-order valence-corrected chi connectivity index (χ0v) is 21.0. The predicted molar refractivity (Wildman–Crippen MR) is 125 cm³/mol. The molecule has 0 unspecified atom stereocenters. The number of benzene rings is 2. The third-order valence-electron chi connectivity index (χ3n) is 5.25. The molecule has 0 spiro atoms. The summed E-state index contributed by atoms with van der Waals surface area (Å²) in [6.45, 7) is 2.83. The standard InChI is InChI=1S/C21H26ClN3O6S2/c1-4-31-16-5-7-17(8-6-16)33(29,30)25-13-11-24(12-14-25)21(26)19-15-18(9-10-20(19)22)32(27,28)23(2)3/h5-10,15H,4,11-14H2,1-3H3. The molecule has 0 bridgehead atoms. The summed E-state index contributed by atoms with van der Waals surface area (Å²) in [5.74, 6) is 0.135. The molecule has 3 rings (SSSR count). The van der Waals surface area contributed by atoms with Crippen LogP contribution in [-0.2, 0) is 20.0 Å². The van der Waals surface area contributed by atoms with Crippen molar-refractivity contribution in [3.05, 3.63) is 53.1 Å². The molecule has 2 aromatic carbocycles. The number of carbonyl (C=O) groups excluding carboxylic acids is 1. The topological polar surface area (TPSA) is 104 Å². The van der Waals surface area contributed by atoms with Crippen molar-refractivity contribution in [2.24, 2.45) is 0 Å². The normalized spacial score (nSPS) is 15.6. The third-order valence-corrected chi connectivity index (χ3v) is 9.30. The van der Waals surface area contributed by atoms with E-state index in [2.05, 4.69) is 0 Å². The van der Waals surface area contributed by atoms with Gasteiger partial charge in [-0.15, -0.1) is 0 Å². The highest BCUT2D eigenvalue weighted by Crippen LogP contribution is 2.25. The van der Waals surface area contributed by atoms with Gasteiger partial charge in [0, 0.05) is 40.3 Å². The van der Waals surface area contributed by atoms with Crippen LogP contribution in [0.25, 0.3) is 0 Å². The van der Waals surface area contributed by atoms with Gasteiger partial charge in [-0.2, -0.15) is 4.31 Å². The minimum absolute atomic E-state index is 0.0445. The Morgan fingerprint density at radius 1 is 0.970 bits per heavy atom. The Hall–Kier alpha value is -2.18. The van der Waals surface area contributed by atoms with E-state index in [9.17, 15) is 21.6 Å². The second-order valence-electron chi connectivity index (χ2n) is 7.53. The summed E-state index contributed by atoms with van der Waals surface area (Å²) >= 11 is 6.18. The van der Waals surface area contributed by atoms with E-state index in [1.165, 1.54) is 53.6 Å². The molecule has 1 aliphatic rings. The average Bonchev–Trinajstić information content (AvgIpc) is 2.79. The monoisotopic (exact) mass is 515 g/mol. The Kier molecular flexibility index (Phi) is 7.69. The molecule has 12 heteroatoms. The van der Waals surface area contributed by atoms with E-state index in [1.807, 2.05) is 6.92 Å². The molecule has 1 amide bonds. The van der Waals surface area contributed by atoms with E-state index in [4.69, 9.17) is 16.3 Å². The largest absolute Gasteiger partial charge is 0.494 e. The minimum atomic E-state index is -3.74. The fraction of sp³-hybridized carbons (Fsp3) is 0.381. The summed E-state index contributed by atoms with van der Waals surface area (Å²) < 4.78 is 58.5. The summed E-state index contributed by atoms with van der Waals surface area (Å²) in [6, 6.07) is 10.2. The Labute approximate surface area is 199 Å². The molecule has 33 heavy (non-hydrogen) atoms. The first-order valence-electron chi connectivity index (χ1n) is 10.2. The van der Waals surface area contributed by atoms with Crippen LogP contribution >= 0.6 is 11.6 Å². The molecular formula is C21H26ClN3O6S2. The van der Waals surface area contributed by atoms with Crippen LogP contribution in [0.5, 0.6) is 5.75 Å². The predicted octanol–water partition coefficient (Wildman–Crippen LogP) is 2.14. The van der Waals surface area contributed by atoms with Crippen molar-refractivity contribution in [2.75, 3.05) is 46.9 Å². The number of carbonyl (C=O) groups is 1. The maximum atomic E-state index is 13.0. The fourth-order valence-corrected chi connectivity index (χ4v) is 5.91. The molecule has 2 aromatic rings. The van der Waals surface area contributed by atoms with Gasteiger partial charge in [-0.1, -0.05) is 11.6 Å². The molecule has 9 nitrogen and oxygen atoms in total. The summed E-state index contributed by atoms with van der Waals surface area (Å²) in [4.78, 5) is 14.6. The van der Waals surface area contributed by atoms with Gasteiger partial charge in [0.1, 0.15) is 5.75 Å². The van der Waals surface area contributed by atoms with Crippen molar-refractivity contribution in [3.8, 4) is 5.75 Å². The quantitative estimate of drug-likeness (QED) is 0.559. The lowest BCUT2D eigenvalue weighted by atomic mass is 10.2. The Morgan fingerprint density at radius 2 is 1.55 bits per heavy atom.